The van der Waals surface area contributed by atoms with Crippen molar-refractivity contribution < 1.29 is 4.74 Å². The number of nitrogens with zero attached hydrogens (tertiary/aromatic N) is 2. The van der Waals surface area contributed by atoms with E-state index in [1.54, 1.807) is 13.4 Å². The highest BCUT2D eigenvalue weighted by Gasteiger charge is 2.25. The average Bonchev–Trinajstić information content (AvgIpc) is 2.50. The van der Waals surface area contributed by atoms with E-state index in [1.807, 2.05) is 18.7 Å². The molecule has 0 atom stereocenters. The monoisotopic (exact) mass is 298 g/mol. The van der Waals surface area contributed by atoms with E-state index in [0.29, 0.717) is 5.75 Å². The summed E-state index contributed by atoms with van der Waals surface area (Å²) in [5.74, 6) is 2.16. The molecule has 1 rings (SSSR count). The number of methoxy groups -OCH3 is 1. The second kappa shape index (κ2) is 8.19. The van der Waals surface area contributed by atoms with Gasteiger partial charge in [-0.2, -0.15) is 11.8 Å². The molecule has 2 N–H and O–H groups in total. The average molecular weight is 298 g/mol. The standard InChI is InChI=1S/C14H26N4OS/c1-6-14(7-2,20-5)9-16-13-11(19-4)12(15-8-3)17-10-18-13/h10H,6-9H2,1-5H3,(H2,15,16,17,18). The lowest BCUT2D eigenvalue weighted by atomic mass is 10.0. The number of anilines is 2. The third kappa shape index (κ3) is 3.91. The molecule has 114 valence electrons. The number of hydrogen-bond acceptors (Lipinski definition) is 6. The van der Waals surface area contributed by atoms with E-state index in [4.69, 9.17) is 4.74 Å². The molecule has 0 radical (unpaired) electrons. The second-order valence-corrected chi connectivity index (χ2v) is 5.86. The molecule has 0 fully saturated rings. The molecular formula is C14H26N4OS. The maximum absolute atomic E-state index is 5.44. The minimum atomic E-state index is 0.230. The van der Waals surface area contributed by atoms with Gasteiger partial charge in [0.1, 0.15) is 6.33 Å². The van der Waals surface area contributed by atoms with Crippen molar-refractivity contribution in [1.29, 1.82) is 0 Å². The number of aromatic nitrogens is 2. The van der Waals surface area contributed by atoms with Crippen LogP contribution >= 0.6 is 11.8 Å². The van der Waals surface area contributed by atoms with Crippen LogP contribution in [0.2, 0.25) is 0 Å². The van der Waals surface area contributed by atoms with Gasteiger partial charge >= 0.3 is 0 Å². The number of thioether (sulfide) groups is 1. The Morgan fingerprint density at radius 2 is 1.75 bits per heavy atom. The first kappa shape index (κ1) is 16.9. The lowest BCUT2D eigenvalue weighted by Gasteiger charge is -2.30. The van der Waals surface area contributed by atoms with E-state index in [9.17, 15) is 0 Å². The fraction of sp³-hybridized carbons (Fsp3) is 0.714. The predicted molar refractivity (Wildman–Crippen MR) is 88.1 cm³/mol. The maximum Gasteiger partial charge on any atom is 0.204 e. The third-order valence-electron chi connectivity index (χ3n) is 3.65. The van der Waals surface area contributed by atoms with Crippen LogP contribution in [-0.4, -0.2) is 41.2 Å². The summed E-state index contributed by atoms with van der Waals surface area (Å²) in [5.41, 5.74) is 0. The highest BCUT2D eigenvalue weighted by Crippen LogP contribution is 2.33. The molecule has 1 aromatic heterocycles. The Balaban J connectivity index is 2.89. The summed E-state index contributed by atoms with van der Waals surface area (Å²) in [5, 5.41) is 6.60. The van der Waals surface area contributed by atoms with Crippen LogP contribution in [0.3, 0.4) is 0 Å². The molecule has 0 spiro atoms. The molecule has 0 amide bonds. The number of hydrogen-bond donors (Lipinski definition) is 2. The van der Waals surface area contributed by atoms with E-state index in [0.717, 1.165) is 37.6 Å². The molecule has 0 bridgehead atoms. The lowest BCUT2D eigenvalue weighted by Crippen LogP contribution is -2.32. The Hall–Kier alpha value is -1.17. The summed E-state index contributed by atoms with van der Waals surface area (Å²) >= 11 is 1.90. The SMILES string of the molecule is CCNc1ncnc(NCC(CC)(CC)SC)c1OC. The molecule has 20 heavy (non-hydrogen) atoms. The summed E-state index contributed by atoms with van der Waals surface area (Å²) in [6.45, 7) is 8.14. The van der Waals surface area contributed by atoms with Crippen LogP contribution < -0.4 is 15.4 Å². The van der Waals surface area contributed by atoms with Crippen LogP contribution in [-0.2, 0) is 0 Å². The van der Waals surface area contributed by atoms with Crippen LogP contribution in [0, 0.1) is 0 Å². The van der Waals surface area contributed by atoms with Crippen molar-refractivity contribution in [2.75, 3.05) is 37.1 Å². The van der Waals surface area contributed by atoms with Gasteiger partial charge in [0.2, 0.25) is 5.75 Å². The van der Waals surface area contributed by atoms with Crippen LogP contribution in [0.25, 0.3) is 0 Å². The molecule has 0 aromatic carbocycles. The fourth-order valence-electron chi connectivity index (χ4n) is 2.09. The molecular weight excluding hydrogens is 272 g/mol. The fourth-order valence-corrected chi connectivity index (χ4v) is 2.89. The van der Waals surface area contributed by atoms with E-state index in [-0.39, 0.29) is 4.75 Å². The van der Waals surface area contributed by atoms with Gasteiger partial charge in [0.05, 0.1) is 7.11 Å². The number of nitrogens with one attached hydrogen (secondary N) is 2. The molecule has 0 aliphatic carbocycles. The first-order chi connectivity index (χ1) is 9.66. The second-order valence-electron chi connectivity index (χ2n) is 4.58. The first-order valence-electron chi connectivity index (χ1n) is 7.08. The Kier molecular flexibility index (Phi) is 6.91. The molecule has 1 aromatic rings. The van der Waals surface area contributed by atoms with E-state index >= 15 is 0 Å². The molecule has 0 unspecified atom stereocenters. The molecule has 0 aliphatic heterocycles. The summed E-state index contributed by atoms with van der Waals surface area (Å²) in [4.78, 5) is 8.51. The number of rotatable bonds is 9. The van der Waals surface area contributed by atoms with Gasteiger partial charge in [0.15, 0.2) is 11.6 Å². The predicted octanol–water partition coefficient (Wildman–Crippen LogP) is 3.25. The van der Waals surface area contributed by atoms with E-state index in [2.05, 4.69) is 40.7 Å². The summed E-state index contributed by atoms with van der Waals surface area (Å²) in [6, 6.07) is 0. The van der Waals surface area contributed by atoms with Crippen molar-refractivity contribution in [2.24, 2.45) is 0 Å². The molecule has 0 saturated heterocycles. The largest absolute Gasteiger partial charge is 0.490 e. The third-order valence-corrected chi connectivity index (χ3v) is 5.24. The Morgan fingerprint density at radius 1 is 1.15 bits per heavy atom. The summed E-state index contributed by atoms with van der Waals surface area (Å²) < 4.78 is 5.67. The van der Waals surface area contributed by atoms with Crippen LogP contribution in [0.4, 0.5) is 11.6 Å². The van der Waals surface area contributed by atoms with Gasteiger partial charge in [-0.05, 0) is 26.0 Å². The van der Waals surface area contributed by atoms with Crippen molar-refractivity contribution in [3.8, 4) is 5.75 Å². The first-order valence-corrected chi connectivity index (χ1v) is 8.30. The number of ether oxygens (including phenoxy) is 1. The van der Waals surface area contributed by atoms with E-state index < -0.39 is 0 Å². The summed E-state index contributed by atoms with van der Waals surface area (Å²) in [7, 11) is 1.65. The van der Waals surface area contributed by atoms with Crippen molar-refractivity contribution in [3.05, 3.63) is 6.33 Å². The van der Waals surface area contributed by atoms with Crippen LogP contribution in [0.5, 0.6) is 5.75 Å². The normalized spacial score (nSPS) is 11.2. The van der Waals surface area contributed by atoms with E-state index in [1.165, 1.54) is 0 Å². The van der Waals surface area contributed by atoms with Crippen molar-refractivity contribution in [1.82, 2.24) is 9.97 Å². The van der Waals surface area contributed by atoms with Crippen LogP contribution in [0.1, 0.15) is 33.6 Å². The van der Waals surface area contributed by atoms with Gasteiger partial charge in [-0.1, -0.05) is 13.8 Å². The van der Waals surface area contributed by atoms with Crippen LogP contribution in [0.15, 0.2) is 6.33 Å². The minimum absolute atomic E-state index is 0.230. The van der Waals surface area contributed by atoms with Crippen molar-refractivity contribution in [2.45, 2.75) is 38.4 Å². The molecule has 0 aliphatic rings. The van der Waals surface area contributed by atoms with Gasteiger partial charge in [-0.3, -0.25) is 0 Å². The smallest absolute Gasteiger partial charge is 0.204 e. The zero-order valence-electron chi connectivity index (χ0n) is 13.1. The topological polar surface area (TPSA) is 59.1 Å². The Morgan fingerprint density at radius 3 is 2.20 bits per heavy atom. The van der Waals surface area contributed by atoms with Gasteiger partial charge in [-0.25, -0.2) is 9.97 Å². The highest BCUT2D eigenvalue weighted by molar-refractivity contribution is 8.00. The molecule has 5 nitrogen and oxygen atoms in total. The zero-order valence-corrected chi connectivity index (χ0v) is 13.9. The van der Waals surface area contributed by atoms with Gasteiger partial charge in [-0.15, -0.1) is 0 Å². The van der Waals surface area contributed by atoms with Crippen molar-refractivity contribution in [3.63, 3.8) is 0 Å². The maximum atomic E-state index is 5.44. The Labute approximate surface area is 126 Å². The van der Waals surface area contributed by atoms with Gasteiger partial charge < -0.3 is 15.4 Å². The molecule has 0 saturated carbocycles. The minimum Gasteiger partial charge on any atom is -0.490 e. The van der Waals surface area contributed by atoms with Gasteiger partial charge in [0.25, 0.3) is 0 Å². The lowest BCUT2D eigenvalue weighted by molar-refractivity contribution is 0.414. The quantitative estimate of drug-likeness (QED) is 0.730. The molecule has 6 heteroatoms. The van der Waals surface area contributed by atoms with Gasteiger partial charge in [0, 0.05) is 17.8 Å². The van der Waals surface area contributed by atoms with Crippen molar-refractivity contribution >= 4 is 23.4 Å². The Bertz CT molecular complexity index is 402. The summed E-state index contributed by atoms with van der Waals surface area (Å²) in [6.07, 6.45) is 5.95. The zero-order chi connectivity index (χ0) is 15.0. The molecule has 1 heterocycles. The highest BCUT2D eigenvalue weighted by atomic mass is 32.2.